The molecular weight excluding hydrogens is 376 g/mol. The van der Waals surface area contributed by atoms with Crippen LogP contribution in [0.15, 0.2) is 78.9 Å². The molecule has 3 aromatic carbocycles. The van der Waals surface area contributed by atoms with Crippen molar-refractivity contribution in [1.82, 2.24) is 0 Å². The zero-order valence-electron chi connectivity index (χ0n) is 15.0. The van der Waals surface area contributed by atoms with Crippen LogP contribution in [0, 0.1) is 0 Å². The number of para-hydroxylation sites is 2. The highest BCUT2D eigenvalue weighted by Gasteiger charge is 2.15. The fourth-order valence-electron chi connectivity index (χ4n) is 2.35. The third kappa shape index (κ3) is 5.57. The largest absolute Gasteiger partial charge is 0.478 e. The zero-order chi connectivity index (χ0) is 20.6. The van der Waals surface area contributed by atoms with Gasteiger partial charge in [0, 0.05) is 0 Å². The van der Waals surface area contributed by atoms with Crippen molar-refractivity contribution in [2.45, 2.75) is 0 Å². The molecule has 0 aliphatic carbocycles. The molecule has 3 aromatic rings. The Balaban J connectivity index is 1.76. The number of nitrogens with one attached hydrogen (secondary N) is 2. The van der Waals surface area contributed by atoms with Crippen LogP contribution < -0.4 is 20.1 Å². The first kappa shape index (κ1) is 19.4. The second-order valence-electron chi connectivity index (χ2n) is 5.72. The highest BCUT2D eigenvalue weighted by Crippen LogP contribution is 2.25. The van der Waals surface area contributed by atoms with Crippen molar-refractivity contribution in [1.29, 1.82) is 0 Å². The van der Waals surface area contributed by atoms with Gasteiger partial charge in [-0.1, -0.05) is 36.4 Å². The second kappa shape index (κ2) is 9.05. The van der Waals surface area contributed by atoms with Crippen LogP contribution in [-0.2, 0) is 0 Å². The van der Waals surface area contributed by atoms with Gasteiger partial charge in [-0.25, -0.2) is 14.4 Å². The number of benzene rings is 3. The molecule has 3 N–H and O–H groups in total. The number of amides is 2. The predicted molar refractivity (Wildman–Crippen MR) is 106 cm³/mol. The molecule has 29 heavy (non-hydrogen) atoms. The number of hydrogen-bond acceptors (Lipinski definition) is 5. The molecule has 0 aliphatic heterocycles. The van der Waals surface area contributed by atoms with E-state index in [9.17, 15) is 19.5 Å². The van der Waals surface area contributed by atoms with Crippen molar-refractivity contribution in [3.8, 4) is 11.5 Å². The molecule has 3 rings (SSSR count). The summed E-state index contributed by atoms with van der Waals surface area (Å²) in [5, 5.41) is 14.1. The number of carbonyl (C=O) groups is 3. The van der Waals surface area contributed by atoms with Crippen molar-refractivity contribution < 1.29 is 29.0 Å². The van der Waals surface area contributed by atoms with E-state index in [1.54, 1.807) is 60.7 Å². The van der Waals surface area contributed by atoms with Gasteiger partial charge in [-0.3, -0.25) is 10.6 Å². The Bertz CT molecular complexity index is 1020. The molecule has 0 saturated heterocycles. The zero-order valence-corrected chi connectivity index (χ0v) is 15.0. The first-order valence-electron chi connectivity index (χ1n) is 8.46. The Morgan fingerprint density at radius 1 is 0.655 bits per heavy atom. The standard InChI is InChI=1S/C21H16N2O6/c24-19(25)14-11-12-17(22-20(26)28-15-7-3-1-4-8-15)18(13-14)23-21(27)29-16-9-5-2-6-10-16/h1-13H,(H,22,26)(H,23,27)(H,24,25). The maximum Gasteiger partial charge on any atom is 0.417 e. The van der Waals surface area contributed by atoms with Crippen molar-refractivity contribution in [3.63, 3.8) is 0 Å². The van der Waals surface area contributed by atoms with Gasteiger partial charge in [-0.2, -0.15) is 0 Å². The van der Waals surface area contributed by atoms with Crippen molar-refractivity contribution in [2.24, 2.45) is 0 Å². The smallest absolute Gasteiger partial charge is 0.417 e. The summed E-state index contributed by atoms with van der Waals surface area (Å²) in [6.45, 7) is 0. The van der Waals surface area contributed by atoms with Gasteiger partial charge in [0.25, 0.3) is 0 Å². The summed E-state index contributed by atoms with van der Waals surface area (Å²) in [6, 6.07) is 20.5. The molecule has 0 spiro atoms. The Kier molecular flexibility index (Phi) is 6.06. The van der Waals surface area contributed by atoms with Crippen LogP contribution in [-0.4, -0.2) is 23.3 Å². The Morgan fingerprint density at radius 3 is 1.62 bits per heavy atom. The van der Waals surface area contributed by atoms with Crippen LogP contribution in [0.1, 0.15) is 10.4 Å². The molecule has 8 nitrogen and oxygen atoms in total. The quantitative estimate of drug-likeness (QED) is 0.584. The van der Waals surface area contributed by atoms with Gasteiger partial charge in [-0.05, 0) is 42.5 Å². The lowest BCUT2D eigenvalue weighted by atomic mass is 10.1. The maximum absolute atomic E-state index is 12.2. The molecule has 0 atom stereocenters. The molecule has 0 saturated carbocycles. The van der Waals surface area contributed by atoms with E-state index in [2.05, 4.69) is 10.6 Å². The highest BCUT2D eigenvalue weighted by atomic mass is 16.6. The summed E-state index contributed by atoms with van der Waals surface area (Å²) < 4.78 is 10.3. The number of aromatic carboxylic acids is 1. The molecule has 0 aromatic heterocycles. The van der Waals surface area contributed by atoms with E-state index in [1.807, 2.05) is 0 Å². The summed E-state index contributed by atoms with van der Waals surface area (Å²) in [4.78, 5) is 35.6. The van der Waals surface area contributed by atoms with Gasteiger partial charge in [-0.15, -0.1) is 0 Å². The average molecular weight is 392 g/mol. The molecule has 2 amide bonds. The van der Waals surface area contributed by atoms with E-state index < -0.39 is 18.2 Å². The molecular formula is C21H16N2O6. The van der Waals surface area contributed by atoms with Crippen molar-refractivity contribution in [2.75, 3.05) is 10.6 Å². The number of rotatable bonds is 5. The minimum atomic E-state index is -1.19. The SMILES string of the molecule is O=C(Nc1ccc(C(=O)O)cc1NC(=O)Oc1ccccc1)Oc1ccccc1. The van der Waals surface area contributed by atoms with Gasteiger partial charge in [0.1, 0.15) is 11.5 Å². The highest BCUT2D eigenvalue weighted by molar-refractivity contribution is 5.99. The molecule has 0 aliphatic rings. The molecule has 146 valence electrons. The molecule has 8 heteroatoms. The number of carboxylic acids is 1. The van der Waals surface area contributed by atoms with E-state index in [1.165, 1.54) is 18.2 Å². The summed E-state index contributed by atoms with van der Waals surface area (Å²) in [6.07, 6.45) is -1.66. The van der Waals surface area contributed by atoms with Crippen molar-refractivity contribution >= 4 is 29.5 Å². The number of carboxylic acid groups (broad SMARTS) is 1. The van der Waals surface area contributed by atoms with E-state index in [0.717, 1.165) is 0 Å². The molecule has 0 heterocycles. The van der Waals surface area contributed by atoms with Crippen LogP contribution >= 0.6 is 0 Å². The van der Waals surface area contributed by atoms with Crippen molar-refractivity contribution in [3.05, 3.63) is 84.4 Å². The summed E-state index contributed by atoms with van der Waals surface area (Å²) in [5.41, 5.74) is 0.0961. The number of anilines is 2. The van der Waals surface area contributed by atoms with E-state index >= 15 is 0 Å². The normalized spacial score (nSPS) is 9.93. The Morgan fingerprint density at radius 2 is 1.14 bits per heavy atom. The minimum Gasteiger partial charge on any atom is -0.478 e. The third-order valence-corrected chi connectivity index (χ3v) is 3.65. The van der Waals surface area contributed by atoms with E-state index in [4.69, 9.17) is 9.47 Å². The first-order chi connectivity index (χ1) is 14.0. The van der Waals surface area contributed by atoms with Gasteiger partial charge < -0.3 is 14.6 Å². The summed E-state index contributed by atoms with van der Waals surface area (Å²) in [7, 11) is 0. The number of ether oxygens (including phenoxy) is 2. The van der Waals surface area contributed by atoms with Gasteiger partial charge in [0.2, 0.25) is 0 Å². The van der Waals surface area contributed by atoms with E-state index in [-0.39, 0.29) is 16.9 Å². The van der Waals surface area contributed by atoms with Crippen LogP contribution in [0.4, 0.5) is 21.0 Å². The summed E-state index contributed by atoms with van der Waals surface area (Å²) >= 11 is 0. The monoisotopic (exact) mass is 392 g/mol. The summed E-state index contributed by atoms with van der Waals surface area (Å²) in [5.74, 6) is -0.564. The Labute approximate surface area is 165 Å². The number of carbonyl (C=O) groups excluding carboxylic acids is 2. The lowest BCUT2D eigenvalue weighted by Crippen LogP contribution is -2.21. The second-order valence-corrected chi connectivity index (χ2v) is 5.72. The third-order valence-electron chi connectivity index (χ3n) is 3.65. The fourth-order valence-corrected chi connectivity index (χ4v) is 2.35. The predicted octanol–water partition coefficient (Wildman–Crippen LogP) is 4.61. The topological polar surface area (TPSA) is 114 Å². The van der Waals surface area contributed by atoms with Crippen LogP contribution in [0.3, 0.4) is 0 Å². The number of hydrogen-bond donors (Lipinski definition) is 3. The molecule has 0 bridgehead atoms. The first-order valence-corrected chi connectivity index (χ1v) is 8.46. The van der Waals surface area contributed by atoms with Crippen LogP contribution in [0.25, 0.3) is 0 Å². The maximum atomic E-state index is 12.2. The minimum absolute atomic E-state index is 0.0378. The molecule has 0 unspecified atom stereocenters. The van der Waals surface area contributed by atoms with E-state index in [0.29, 0.717) is 11.5 Å². The van der Waals surface area contributed by atoms with Crippen LogP contribution in [0.5, 0.6) is 11.5 Å². The van der Waals surface area contributed by atoms with Gasteiger partial charge in [0.05, 0.1) is 16.9 Å². The average Bonchev–Trinajstić information content (AvgIpc) is 2.70. The lowest BCUT2D eigenvalue weighted by molar-refractivity contribution is 0.0697. The Hall–Kier alpha value is -4.33. The van der Waals surface area contributed by atoms with Gasteiger partial charge in [0.15, 0.2) is 0 Å². The molecule has 0 radical (unpaired) electrons. The fraction of sp³-hybridized carbons (Fsp3) is 0. The van der Waals surface area contributed by atoms with Crippen LogP contribution in [0.2, 0.25) is 0 Å². The van der Waals surface area contributed by atoms with Gasteiger partial charge >= 0.3 is 18.2 Å². The lowest BCUT2D eigenvalue weighted by Gasteiger charge is -2.13. The molecule has 0 fully saturated rings.